The molecule has 2 N–H and O–H groups in total. The van der Waals surface area contributed by atoms with Crippen molar-refractivity contribution < 1.29 is 14.0 Å². The predicted octanol–water partition coefficient (Wildman–Crippen LogP) is 1.75. The van der Waals surface area contributed by atoms with Crippen molar-refractivity contribution in [2.45, 2.75) is 32.7 Å². The van der Waals surface area contributed by atoms with Crippen molar-refractivity contribution in [3.8, 4) is 0 Å². The highest BCUT2D eigenvalue weighted by atomic mass is 19.1. The zero-order valence-corrected chi connectivity index (χ0v) is 11.0. The van der Waals surface area contributed by atoms with E-state index in [1.807, 2.05) is 6.92 Å². The van der Waals surface area contributed by atoms with Crippen LogP contribution in [0, 0.1) is 5.82 Å². The fourth-order valence-corrected chi connectivity index (χ4v) is 1.50. The Bertz CT molecular complexity index is 435. The monoisotopic (exact) mass is 266 g/mol. The lowest BCUT2D eigenvalue weighted by atomic mass is 10.2. The summed E-state index contributed by atoms with van der Waals surface area (Å²) in [6, 6.07) is 6.25. The van der Waals surface area contributed by atoms with Gasteiger partial charge in [-0.1, -0.05) is 31.5 Å². The summed E-state index contributed by atoms with van der Waals surface area (Å²) in [6.45, 7) is 2.04. The minimum absolute atomic E-state index is 0.0724. The SMILES string of the molecule is CCCCC(=O)NCC(=O)NCc1ccccc1F. The number of unbranched alkanes of at least 4 members (excludes halogenated alkanes) is 1. The second-order valence-electron chi connectivity index (χ2n) is 4.25. The summed E-state index contributed by atoms with van der Waals surface area (Å²) in [4.78, 5) is 22.7. The molecule has 1 aromatic rings. The van der Waals surface area contributed by atoms with Gasteiger partial charge in [-0.05, 0) is 12.5 Å². The summed E-state index contributed by atoms with van der Waals surface area (Å²) >= 11 is 0. The molecule has 0 bridgehead atoms. The van der Waals surface area contributed by atoms with Crippen molar-refractivity contribution in [1.29, 1.82) is 0 Å². The lowest BCUT2D eigenvalue weighted by Gasteiger charge is -2.07. The Morgan fingerprint density at radius 1 is 1.16 bits per heavy atom. The molecule has 19 heavy (non-hydrogen) atoms. The van der Waals surface area contributed by atoms with Crippen LogP contribution in [-0.2, 0) is 16.1 Å². The van der Waals surface area contributed by atoms with Crippen LogP contribution in [0.1, 0.15) is 31.7 Å². The molecule has 0 aliphatic rings. The fourth-order valence-electron chi connectivity index (χ4n) is 1.50. The Morgan fingerprint density at radius 3 is 2.58 bits per heavy atom. The molecule has 0 fully saturated rings. The highest BCUT2D eigenvalue weighted by molar-refractivity contribution is 5.84. The maximum atomic E-state index is 13.3. The van der Waals surface area contributed by atoms with Crippen LogP contribution in [0.25, 0.3) is 0 Å². The molecule has 0 spiro atoms. The van der Waals surface area contributed by atoms with Gasteiger partial charge in [-0.25, -0.2) is 4.39 Å². The number of carbonyl (C=O) groups excluding carboxylic acids is 2. The first-order valence-electron chi connectivity index (χ1n) is 6.40. The van der Waals surface area contributed by atoms with Crippen LogP contribution in [0.15, 0.2) is 24.3 Å². The third-order valence-electron chi connectivity index (χ3n) is 2.64. The smallest absolute Gasteiger partial charge is 0.239 e. The molecule has 0 saturated carbocycles. The molecule has 4 nitrogen and oxygen atoms in total. The Kier molecular flexibility index (Phi) is 6.57. The van der Waals surface area contributed by atoms with Gasteiger partial charge in [-0.2, -0.15) is 0 Å². The molecular weight excluding hydrogens is 247 g/mol. The zero-order valence-electron chi connectivity index (χ0n) is 11.0. The number of nitrogens with one attached hydrogen (secondary N) is 2. The van der Waals surface area contributed by atoms with Crippen LogP contribution in [0.2, 0.25) is 0 Å². The van der Waals surface area contributed by atoms with E-state index in [1.165, 1.54) is 6.07 Å². The highest BCUT2D eigenvalue weighted by Gasteiger charge is 2.06. The highest BCUT2D eigenvalue weighted by Crippen LogP contribution is 2.05. The molecule has 0 unspecified atom stereocenters. The van der Waals surface area contributed by atoms with Crippen LogP contribution < -0.4 is 10.6 Å². The van der Waals surface area contributed by atoms with Crippen molar-refractivity contribution >= 4 is 11.8 Å². The normalized spacial score (nSPS) is 10.0. The molecule has 1 rings (SSSR count). The van der Waals surface area contributed by atoms with E-state index in [1.54, 1.807) is 18.2 Å². The minimum atomic E-state index is -0.352. The molecule has 0 aliphatic carbocycles. The van der Waals surface area contributed by atoms with Crippen LogP contribution in [0.3, 0.4) is 0 Å². The molecule has 0 aromatic heterocycles. The van der Waals surface area contributed by atoms with Gasteiger partial charge >= 0.3 is 0 Å². The Balaban J connectivity index is 2.25. The van der Waals surface area contributed by atoms with Crippen molar-refractivity contribution in [1.82, 2.24) is 10.6 Å². The largest absolute Gasteiger partial charge is 0.350 e. The molecule has 0 aliphatic heterocycles. The number of benzene rings is 1. The van der Waals surface area contributed by atoms with E-state index in [2.05, 4.69) is 10.6 Å². The number of amides is 2. The molecule has 104 valence electrons. The van der Waals surface area contributed by atoms with Crippen molar-refractivity contribution in [2.75, 3.05) is 6.54 Å². The molecule has 5 heteroatoms. The van der Waals surface area contributed by atoms with Crippen molar-refractivity contribution in [2.24, 2.45) is 0 Å². The quantitative estimate of drug-likeness (QED) is 0.790. The van der Waals surface area contributed by atoms with Crippen LogP contribution >= 0.6 is 0 Å². The molecule has 0 heterocycles. The number of halogens is 1. The molecule has 0 atom stereocenters. The number of carbonyl (C=O) groups is 2. The summed E-state index contributed by atoms with van der Waals surface area (Å²) in [5.74, 6) is -0.814. The topological polar surface area (TPSA) is 58.2 Å². The van der Waals surface area contributed by atoms with Crippen LogP contribution in [0.5, 0.6) is 0 Å². The summed E-state index contributed by atoms with van der Waals surface area (Å²) < 4.78 is 13.3. The summed E-state index contributed by atoms with van der Waals surface area (Å²) in [7, 11) is 0. The number of hydrogen-bond donors (Lipinski definition) is 2. The van der Waals surface area contributed by atoms with Crippen molar-refractivity contribution in [3.63, 3.8) is 0 Å². The lowest BCUT2D eigenvalue weighted by Crippen LogP contribution is -2.36. The molecule has 0 radical (unpaired) electrons. The average Bonchev–Trinajstić information content (AvgIpc) is 2.42. The van der Waals surface area contributed by atoms with E-state index >= 15 is 0 Å². The van der Waals surface area contributed by atoms with Crippen LogP contribution in [0.4, 0.5) is 4.39 Å². The van der Waals surface area contributed by atoms with Gasteiger partial charge < -0.3 is 10.6 Å². The van der Waals surface area contributed by atoms with Gasteiger partial charge in [-0.15, -0.1) is 0 Å². The van der Waals surface area contributed by atoms with Gasteiger partial charge in [0, 0.05) is 18.5 Å². The first kappa shape index (κ1) is 15.1. The zero-order chi connectivity index (χ0) is 14.1. The second-order valence-corrected chi connectivity index (χ2v) is 4.25. The van der Waals surface area contributed by atoms with Gasteiger partial charge in [0.15, 0.2) is 0 Å². The third-order valence-corrected chi connectivity index (χ3v) is 2.64. The van der Waals surface area contributed by atoms with E-state index in [4.69, 9.17) is 0 Å². The summed E-state index contributed by atoms with van der Waals surface area (Å²) in [5.41, 5.74) is 0.424. The molecular formula is C14H19FN2O2. The predicted molar refractivity (Wildman–Crippen MR) is 70.8 cm³/mol. The van der Waals surface area contributed by atoms with Crippen LogP contribution in [-0.4, -0.2) is 18.4 Å². The van der Waals surface area contributed by atoms with E-state index in [0.29, 0.717) is 12.0 Å². The number of rotatable bonds is 7. The Morgan fingerprint density at radius 2 is 1.89 bits per heavy atom. The van der Waals surface area contributed by atoms with E-state index in [9.17, 15) is 14.0 Å². The Hall–Kier alpha value is -1.91. The fraction of sp³-hybridized carbons (Fsp3) is 0.429. The summed E-state index contributed by atoms with van der Waals surface area (Å²) in [6.07, 6.45) is 2.17. The average molecular weight is 266 g/mol. The molecule has 0 saturated heterocycles. The van der Waals surface area contributed by atoms with Crippen molar-refractivity contribution in [3.05, 3.63) is 35.6 Å². The first-order valence-corrected chi connectivity index (χ1v) is 6.40. The third kappa shape index (κ3) is 5.99. The van der Waals surface area contributed by atoms with Gasteiger partial charge in [0.05, 0.1) is 6.54 Å². The first-order chi connectivity index (χ1) is 9.13. The van der Waals surface area contributed by atoms with Gasteiger partial charge in [0.2, 0.25) is 11.8 Å². The Labute approximate surface area is 112 Å². The minimum Gasteiger partial charge on any atom is -0.350 e. The standard InChI is InChI=1S/C14H19FN2O2/c1-2-3-8-13(18)17-10-14(19)16-9-11-6-4-5-7-12(11)15/h4-7H,2-3,8-10H2,1H3,(H,16,19)(H,17,18). The van der Waals surface area contributed by atoms with Gasteiger partial charge in [-0.3, -0.25) is 9.59 Å². The maximum Gasteiger partial charge on any atom is 0.239 e. The maximum absolute atomic E-state index is 13.3. The second kappa shape index (κ2) is 8.24. The van der Waals surface area contributed by atoms with E-state index in [0.717, 1.165) is 12.8 Å². The van der Waals surface area contributed by atoms with Gasteiger partial charge in [0.1, 0.15) is 5.82 Å². The molecule has 1 aromatic carbocycles. The number of hydrogen-bond acceptors (Lipinski definition) is 2. The van der Waals surface area contributed by atoms with E-state index in [-0.39, 0.29) is 30.7 Å². The van der Waals surface area contributed by atoms with Gasteiger partial charge in [0.25, 0.3) is 0 Å². The molecule has 2 amide bonds. The summed E-state index contributed by atoms with van der Waals surface area (Å²) in [5, 5.41) is 5.08. The lowest BCUT2D eigenvalue weighted by molar-refractivity contribution is -0.126. The van der Waals surface area contributed by atoms with E-state index < -0.39 is 0 Å².